The van der Waals surface area contributed by atoms with Crippen LogP contribution in [0, 0.1) is 0 Å². The number of carbonyl (C=O) groups excluding carboxylic acids is 2. The maximum atomic E-state index is 12.2. The van der Waals surface area contributed by atoms with Gasteiger partial charge in [-0.1, -0.05) is 34.8 Å². The Hall–Kier alpha value is -2.58. The Morgan fingerprint density at radius 1 is 1.07 bits per heavy atom. The van der Waals surface area contributed by atoms with E-state index in [0.717, 1.165) is 0 Å². The topological polar surface area (TPSA) is 96.3 Å². The molecule has 0 saturated heterocycles. The fourth-order valence-corrected chi connectivity index (χ4v) is 3.18. The fourth-order valence-electron chi connectivity index (χ4n) is 2.63. The number of aromatic nitrogens is 1. The van der Waals surface area contributed by atoms with E-state index in [2.05, 4.69) is 20.9 Å². The van der Waals surface area contributed by atoms with Gasteiger partial charge in [0.25, 0.3) is 5.91 Å². The highest BCUT2D eigenvalue weighted by molar-refractivity contribution is 6.35. The lowest BCUT2D eigenvalue weighted by Gasteiger charge is -2.11. The molecule has 0 saturated carbocycles. The molecule has 1 aromatic heterocycles. The number of oxazole rings is 1. The van der Waals surface area contributed by atoms with Crippen molar-refractivity contribution in [2.75, 3.05) is 18.9 Å². The first-order valence-corrected chi connectivity index (χ1v) is 9.93. The van der Waals surface area contributed by atoms with Crippen molar-refractivity contribution in [1.82, 2.24) is 15.6 Å². The minimum Gasteiger partial charge on any atom is -0.439 e. The summed E-state index contributed by atoms with van der Waals surface area (Å²) in [4.78, 5) is 28.4. The van der Waals surface area contributed by atoms with Crippen molar-refractivity contribution in [2.45, 2.75) is 6.54 Å². The van der Waals surface area contributed by atoms with E-state index in [-0.39, 0.29) is 30.5 Å². The van der Waals surface area contributed by atoms with E-state index < -0.39 is 0 Å². The van der Waals surface area contributed by atoms with Crippen LogP contribution in [0.15, 0.2) is 47.0 Å². The second-order valence-corrected chi connectivity index (χ2v) is 7.44. The lowest BCUT2D eigenvalue weighted by atomic mass is 10.1. The predicted molar refractivity (Wildman–Crippen MR) is 117 cm³/mol. The van der Waals surface area contributed by atoms with Gasteiger partial charge in [-0.05, 0) is 36.4 Å². The average molecular weight is 468 g/mol. The van der Waals surface area contributed by atoms with Crippen LogP contribution in [0.4, 0.5) is 5.69 Å². The molecular weight excluding hydrogens is 451 g/mol. The van der Waals surface area contributed by atoms with Crippen LogP contribution in [0.1, 0.15) is 16.2 Å². The molecule has 7 nitrogen and oxygen atoms in total. The highest BCUT2D eigenvalue weighted by atomic mass is 35.5. The molecular formula is C20H17Cl3N4O3. The minimum absolute atomic E-state index is 0.0224. The summed E-state index contributed by atoms with van der Waals surface area (Å²) in [7, 11) is 1.50. The van der Waals surface area contributed by atoms with Crippen molar-refractivity contribution in [3.63, 3.8) is 0 Å². The SMILES string of the molecule is CNC(=O)c1cc(Cl)ccc1NC(=O)CNCc1ncc(-c2cc(Cl)ccc2Cl)o1. The Labute approximate surface area is 187 Å². The van der Waals surface area contributed by atoms with Crippen molar-refractivity contribution in [1.29, 1.82) is 0 Å². The van der Waals surface area contributed by atoms with E-state index in [1.54, 1.807) is 30.3 Å². The number of rotatable bonds is 7. The van der Waals surface area contributed by atoms with Crippen LogP contribution in [0.5, 0.6) is 0 Å². The zero-order chi connectivity index (χ0) is 21.7. The largest absolute Gasteiger partial charge is 0.439 e. The second-order valence-electron chi connectivity index (χ2n) is 6.16. The molecule has 0 atom stereocenters. The zero-order valence-electron chi connectivity index (χ0n) is 15.8. The van der Waals surface area contributed by atoms with Gasteiger partial charge < -0.3 is 15.1 Å². The van der Waals surface area contributed by atoms with Gasteiger partial charge in [0.15, 0.2) is 5.76 Å². The molecule has 10 heteroatoms. The Morgan fingerprint density at radius 3 is 2.57 bits per heavy atom. The highest BCUT2D eigenvalue weighted by Crippen LogP contribution is 2.31. The van der Waals surface area contributed by atoms with Crippen molar-refractivity contribution in [3.8, 4) is 11.3 Å². The summed E-state index contributed by atoms with van der Waals surface area (Å²) in [5.41, 5.74) is 1.26. The van der Waals surface area contributed by atoms with E-state index in [0.29, 0.717) is 38.0 Å². The van der Waals surface area contributed by atoms with E-state index >= 15 is 0 Å². The summed E-state index contributed by atoms with van der Waals surface area (Å²) in [6, 6.07) is 9.69. The number of nitrogens with one attached hydrogen (secondary N) is 3. The standard InChI is InChI=1S/C20H17Cl3N4O3/c1-24-20(29)14-7-12(22)3-5-16(14)27-18(28)9-25-10-19-26-8-17(30-19)13-6-11(21)2-4-15(13)23/h2-8,25H,9-10H2,1H3,(H,24,29)(H,27,28). The molecule has 0 bridgehead atoms. The first-order chi connectivity index (χ1) is 14.4. The minimum atomic E-state index is -0.354. The molecule has 0 spiro atoms. The van der Waals surface area contributed by atoms with E-state index in [9.17, 15) is 9.59 Å². The quantitative estimate of drug-likeness (QED) is 0.479. The summed E-state index contributed by atoms with van der Waals surface area (Å²) < 4.78 is 5.67. The molecule has 2 aromatic carbocycles. The summed E-state index contributed by atoms with van der Waals surface area (Å²) in [5.74, 6) is 0.159. The van der Waals surface area contributed by atoms with Gasteiger partial charge in [-0.15, -0.1) is 0 Å². The normalized spacial score (nSPS) is 10.7. The molecule has 0 unspecified atom stereocenters. The average Bonchev–Trinajstić information content (AvgIpc) is 3.19. The van der Waals surface area contributed by atoms with Crippen LogP contribution in [0.25, 0.3) is 11.3 Å². The third kappa shape index (κ3) is 5.52. The van der Waals surface area contributed by atoms with Gasteiger partial charge in [-0.2, -0.15) is 0 Å². The van der Waals surface area contributed by atoms with Crippen LogP contribution in [-0.2, 0) is 11.3 Å². The number of anilines is 1. The summed E-state index contributed by atoms with van der Waals surface area (Å²) in [5, 5.41) is 9.53. The molecule has 0 aliphatic rings. The number of benzene rings is 2. The zero-order valence-corrected chi connectivity index (χ0v) is 18.0. The number of nitrogens with zero attached hydrogens (tertiary/aromatic N) is 1. The summed E-state index contributed by atoms with van der Waals surface area (Å²) >= 11 is 18.1. The molecule has 1 heterocycles. The third-order valence-electron chi connectivity index (χ3n) is 4.04. The summed E-state index contributed by atoms with van der Waals surface area (Å²) in [6.45, 7) is 0.194. The molecule has 3 aromatic rings. The number of hydrogen-bond acceptors (Lipinski definition) is 5. The Balaban J connectivity index is 1.58. The van der Waals surface area contributed by atoms with E-state index in [1.165, 1.54) is 19.3 Å². The number of halogens is 3. The van der Waals surface area contributed by atoms with Crippen molar-refractivity contribution in [2.24, 2.45) is 0 Å². The van der Waals surface area contributed by atoms with Gasteiger partial charge in [0.05, 0.1) is 35.6 Å². The van der Waals surface area contributed by atoms with Crippen LogP contribution in [0.3, 0.4) is 0 Å². The van der Waals surface area contributed by atoms with Crippen LogP contribution in [0.2, 0.25) is 15.1 Å². The Morgan fingerprint density at radius 2 is 1.80 bits per heavy atom. The lowest BCUT2D eigenvalue weighted by molar-refractivity contribution is -0.115. The van der Waals surface area contributed by atoms with Crippen LogP contribution >= 0.6 is 34.8 Å². The highest BCUT2D eigenvalue weighted by Gasteiger charge is 2.14. The third-order valence-corrected chi connectivity index (χ3v) is 4.84. The monoisotopic (exact) mass is 466 g/mol. The van der Waals surface area contributed by atoms with Crippen molar-refractivity contribution in [3.05, 3.63) is 69.1 Å². The van der Waals surface area contributed by atoms with Gasteiger partial charge in [-0.3, -0.25) is 14.9 Å². The molecule has 156 valence electrons. The van der Waals surface area contributed by atoms with Crippen LogP contribution in [-0.4, -0.2) is 30.4 Å². The van der Waals surface area contributed by atoms with Crippen LogP contribution < -0.4 is 16.0 Å². The fraction of sp³-hybridized carbons (Fsp3) is 0.150. The Kier molecular flexibility index (Phi) is 7.33. The van der Waals surface area contributed by atoms with Gasteiger partial charge in [0.2, 0.25) is 11.8 Å². The first-order valence-electron chi connectivity index (χ1n) is 8.79. The molecule has 30 heavy (non-hydrogen) atoms. The predicted octanol–water partition coefficient (Wildman–Crippen LogP) is 4.39. The van der Waals surface area contributed by atoms with Crippen molar-refractivity contribution < 1.29 is 14.0 Å². The smallest absolute Gasteiger partial charge is 0.253 e. The second kappa shape index (κ2) is 9.95. The van der Waals surface area contributed by atoms with Gasteiger partial charge >= 0.3 is 0 Å². The molecule has 0 aliphatic carbocycles. The molecule has 3 rings (SSSR count). The molecule has 0 aliphatic heterocycles. The first kappa shape index (κ1) is 22.1. The molecule has 0 fully saturated rings. The summed E-state index contributed by atoms with van der Waals surface area (Å²) in [6.07, 6.45) is 1.54. The van der Waals surface area contributed by atoms with Gasteiger partial charge in [0, 0.05) is 22.7 Å². The maximum Gasteiger partial charge on any atom is 0.253 e. The van der Waals surface area contributed by atoms with Crippen molar-refractivity contribution >= 4 is 52.3 Å². The molecule has 3 N–H and O–H groups in total. The molecule has 2 amide bonds. The van der Waals surface area contributed by atoms with E-state index in [4.69, 9.17) is 39.2 Å². The maximum absolute atomic E-state index is 12.2. The lowest BCUT2D eigenvalue weighted by Crippen LogP contribution is -2.29. The van der Waals surface area contributed by atoms with Gasteiger partial charge in [0.1, 0.15) is 0 Å². The molecule has 0 radical (unpaired) electrons. The number of amides is 2. The number of carbonyl (C=O) groups is 2. The number of hydrogen-bond donors (Lipinski definition) is 3. The Bertz CT molecular complexity index is 1080. The van der Waals surface area contributed by atoms with E-state index in [1.807, 2.05) is 0 Å². The van der Waals surface area contributed by atoms with Gasteiger partial charge in [-0.25, -0.2) is 4.98 Å².